The summed E-state index contributed by atoms with van der Waals surface area (Å²) in [5, 5.41) is 0. The molecule has 1 amide bonds. The molecular weight excluding hydrogens is 272 g/mol. The summed E-state index contributed by atoms with van der Waals surface area (Å²) < 4.78 is 0. The molecule has 1 aromatic carbocycles. The van der Waals surface area contributed by atoms with E-state index in [9.17, 15) is 4.79 Å². The van der Waals surface area contributed by atoms with Crippen molar-refractivity contribution in [2.75, 3.05) is 6.54 Å². The molecule has 0 aromatic heterocycles. The zero-order valence-corrected chi connectivity index (χ0v) is 12.9. The maximum atomic E-state index is 12.4. The zero-order chi connectivity index (χ0) is 13.7. The summed E-state index contributed by atoms with van der Waals surface area (Å²) in [5.74, 6) is 0.255. The van der Waals surface area contributed by atoms with Gasteiger partial charge in [-0.15, -0.1) is 12.4 Å². The minimum absolute atomic E-state index is 0. The monoisotopic (exact) mass is 296 g/mol. The van der Waals surface area contributed by atoms with Crippen molar-refractivity contribution < 1.29 is 4.79 Å². The Hall–Kier alpha value is -1.06. The van der Waals surface area contributed by atoms with Crippen molar-refractivity contribution in [2.45, 2.75) is 51.1 Å². The van der Waals surface area contributed by atoms with Crippen molar-refractivity contribution in [3.8, 4) is 0 Å². The summed E-state index contributed by atoms with van der Waals surface area (Å²) in [5.41, 5.74) is 7.24. The highest BCUT2D eigenvalue weighted by Gasteiger charge is 2.28. The van der Waals surface area contributed by atoms with Crippen LogP contribution in [0.4, 0.5) is 0 Å². The van der Waals surface area contributed by atoms with Gasteiger partial charge < -0.3 is 10.6 Å². The molecule has 1 saturated heterocycles. The number of aryl methyl sites for hydroxylation is 1. The van der Waals surface area contributed by atoms with Gasteiger partial charge in [-0.05, 0) is 38.2 Å². The highest BCUT2D eigenvalue weighted by Crippen LogP contribution is 2.20. The number of halogens is 1. The highest BCUT2D eigenvalue weighted by atomic mass is 35.5. The lowest BCUT2D eigenvalue weighted by atomic mass is 9.96. The first-order valence-corrected chi connectivity index (χ1v) is 7.27. The van der Waals surface area contributed by atoms with Crippen molar-refractivity contribution in [3.63, 3.8) is 0 Å². The minimum Gasteiger partial charge on any atom is -0.338 e. The molecule has 2 unspecified atom stereocenters. The van der Waals surface area contributed by atoms with E-state index in [-0.39, 0.29) is 30.4 Å². The Bertz CT molecular complexity index is 408. The van der Waals surface area contributed by atoms with Gasteiger partial charge in [-0.3, -0.25) is 4.79 Å². The fraction of sp³-hybridized carbons (Fsp3) is 0.562. The van der Waals surface area contributed by atoms with Crippen LogP contribution in [-0.2, 0) is 11.2 Å². The molecule has 2 N–H and O–H groups in total. The second-order valence-electron chi connectivity index (χ2n) is 5.49. The van der Waals surface area contributed by atoms with E-state index in [1.54, 1.807) is 0 Å². The van der Waals surface area contributed by atoms with Gasteiger partial charge >= 0.3 is 0 Å². The summed E-state index contributed by atoms with van der Waals surface area (Å²) in [6.45, 7) is 2.88. The Kier molecular flexibility index (Phi) is 7.03. The minimum atomic E-state index is 0. The van der Waals surface area contributed by atoms with E-state index in [4.69, 9.17) is 5.73 Å². The quantitative estimate of drug-likeness (QED) is 0.928. The molecule has 1 aliphatic rings. The molecule has 1 aromatic rings. The number of piperidine rings is 1. The Balaban J connectivity index is 0.00000200. The average molecular weight is 297 g/mol. The maximum absolute atomic E-state index is 12.4. The molecule has 20 heavy (non-hydrogen) atoms. The number of hydrogen-bond donors (Lipinski definition) is 1. The molecule has 0 spiro atoms. The molecule has 0 aliphatic carbocycles. The number of nitrogens with two attached hydrogens (primary N) is 1. The smallest absolute Gasteiger partial charge is 0.223 e. The fourth-order valence-corrected chi connectivity index (χ4v) is 2.85. The maximum Gasteiger partial charge on any atom is 0.223 e. The second-order valence-corrected chi connectivity index (χ2v) is 5.49. The van der Waals surface area contributed by atoms with E-state index in [2.05, 4.69) is 12.1 Å². The summed E-state index contributed by atoms with van der Waals surface area (Å²) in [6.07, 6.45) is 4.76. The van der Waals surface area contributed by atoms with Crippen molar-refractivity contribution >= 4 is 18.3 Å². The molecule has 0 bridgehead atoms. The first-order chi connectivity index (χ1) is 9.18. The Labute approximate surface area is 127 Å². The summed E-state index contributed by atoms with van der Waals surface area (Å²) in [6, 6.07) is 10.5. The van der Waals surface area contributed by atoms with E-state index < -0.39 is 0 Å². The number of benzene rings is 1. The largest absolute Gasteiger partial charge is 0.338 e. The SMILES string of the molecule is CC(N)C1CCCCN1C(=O)CCc1ccccc1.Cl. The lowest BCUT2D eigenvalue weighted by Gasteiger charge is -2.38. The van der Waals surface area contributed by atoms with Crippen LogP contribution in [0.25, 0.3) is 0 Å². The second kappa shape index (κ2) is 8.28. The van der Waals surface area contributed by atoms with E-state index in [1.807, 2.05) is 30.0 Å². The number of hydrogen-bond acceptors (Lipinski definition) is 2. The van der Waals surface area contributed by atoms with Crippen LogP contribution in [0.15, 0.2) is 30.3 Å². The number of likely N-dealkylation sites (tertiary alicyclic amines) is 1. The number of nitrogens with zero attached hydrogens (tertiary/aromatic N) is 1. The van der Waals surface area contributed by atoms with Crippen LogP contribution < -0.4 is 5.73 Å². The molecule has 0 radical (unpaired) electrons. The molecule has 1 heterocycles. The highest BCUT2D eigenvalue weighted by molar-refractivity contribution is 5.85. The number of carbonyl (C=O) groups excluding carboxylic acids is 1. The van der Waals surface area contributed by atoms with Crippen LogP contribution in [0, 0.1) is 0 Å². The van der Waals surface area contributed by atoms with E-state index in [1.165, 1.54) is 12.0 Å². The molecular formula is C16H25ClN2O. The Morgan fingerprint density at radius 2 is 2.05 bits per heavy atom. The van der Waals surface area contributed by atoms with E-state index in [0.717, 1.165) is 25.8 Å². The molecule has 2 atom stereocenters. The van der Waals surface area contributed by atoms with Gasteiger partial charge in [0.2, 0.25) is 5.91 Å². The topological polar surface area (TPSA) is 46.3 Å². The normalized spacial score (nSPS) is 20.1. The van der Waals surface area contributed by atoms with Gasteiger partial charge in [0, 0.05) is 25.0 Å². The van der Waals surface area contributed by atoms with Gasteiger partial charge in [0.1, 0.15) is 0 Å². The fourth-order valence-electron chi connectivity index (χ4n) is 2.85. The number of carbonyl (C=O) groups is 1. The molecule has 1 aliphatic heterocycles. The van der Waals surface area contributed by atoms with Gasteiger partial charge in [-0.2, -0.15) is 0 Å². The van der Waals surface area contributed by atoms with E-state index in [0.29, 0.717) is 6.42 Å². The van der Waals surface area contributed by atoms with Crippen molar-refractivity contribution in [3.05, 3.63) is 35.9 Å². The third-order valence-corrected chi connectivity index (χ3v) is 3.95. The Morgan fingerprint density at radius 1 is 1.35 bits per heavy atom. The lowest BCUT2D eigenvalue weighted by molar-refractivity contribution is -0.135. The van der Waals surface area contributed by atoms with Crippen LogP contribution in [0.5, 0.6) is 0 Å². The van der Waals surface area contributed by atoms with E-state index >= 15 is 0 Å². The van der Waals surface area contributed by atoms with Gasteiger partial charge in [0.25, 0.3) is 0 Å². The first-order valence-electron chi connectivity index (χ1n) is 7.27. The molecule has 1 fully saturated rings. The standard InChI is InChI=1S/C16H24N2O.ClH/c1-13(17)15-9-5-6-12-18(15)16(19)11-10-14-7-3-2-4-8-14;/h2-4,7-8,13,15H,5-6,9-12,17H2,1H3;1H. The Morgan fingerprint density at radius 3 is 2.70 bits per heavy atom. The van der Waals surface area contributed by atoms with Crippen LogP contribution in [0.3, 0.4) is 0 Å². The number of rotatable bonds is 4. The van der Waals surface area contributed by atoms with Gasteiger partial charge in [0.05, 0.1) is 0 Å². The predicted molar refractivity (Wildman–Crippen MR) is 85.0 cm³/mol. The van der Waals surface area contributed by atoms with Crippen LogP contribution >= 0.6 is 12.4 Å². The lowest BCUT2D eigenvalue weighted by Crippen LogP contribution is -2.51. The molecule has 0 saturated carbocycles. The van der Waals surface area contributed by atoms with Crippen molar-refractivity contribution in [2.24, 2.45) is 5.73 Å². The van der Waals surface area contributed by atoms with Crippen molar-refractivity contribution in [1.82, 2.24) is 4.90 Å². The molecule has 4 heteroatoms. The number of amides is 1. The zero-order valence-electron chi connectivity index (χ0n) is 12.1. The van der Waals surface area contributed by atoms with Gasteiger partial charge in [0.15, 0.2) is 0 Å². The van der Waals surface area contributed by atoms with Crippen molar-refractivity contribution in [1.29, 1.82) is 0 Å². The first kappa shape index (κ1) is 17.0. The molecule has 112 valence electrons. The average Bonchev–Trinajstić information content (AvgIpc) is 2.46. The van der Waals surface area contributed by atoms with Crippen LogP contribution in [0.2, 0.25) is 0 Å². The predicted octanol–water partition coefficient (Wildman–Crippen LogP) is 2.77. The van der Waals surface area contributed by atoms with Crippen LogP contribution in [0.1, 0.15) is 38.2 Å². The van der Waals surface area contributed by atoms with Crippen LogP contribution in [-0.4, -0.2) is 29.4 Å². The molecule has 3 nitrogen and oxygen atoms in total. The van der Waals surface area contributed by atoms with Gasteiger partial charge in [-0.1, -0.05) is 30.3 Å². The molecule has 2 rings (SSSR count). The third kappa shape index (κ3) is 4.50. The third-order valence-electron chi connectivity index (χ3n) is 3.95. The summed E-state index contributed by atoms with van der Waals surface area (Å²) in [7, 11) is 0. The van der Waals surface area contributed by atoms with Gasteiger partial charge in [-0.25, -0.2) is 0 Å². The summed E-state index contributed by atoms with van der Waals surface area (Å²) in [4.78, 5) is 14.4. The summed E-state index contributed by atoms with van der Waals surface area (Å²) >= 11 is 0.